The Balaban J connectivity index is 1.40. The predicted octanol–water partition coefficient (Wildman–Crippen LogP) is 4.68. The van der Waals surface area contributed by atoms with Gasteiger partial charge in [0.25, 0.3) is 0 Å². The summed E-state index contributed by atoms with van der Waals surface area (Å²) in [5.74, 6) is 1.57. The Morgan fingerprint density at radius 1 is 1.13 bits per heavy atom. The Kier molecular flexibility index (Phi) is 7.09. The topological polar surface area (TPSA) is 135 Å². The largest absolute Gasteiger partial charge is 0.507 e. The number of carbonyl (C=O) groups excluding carboxylic acids is 1. The number of phenolic OH excluding ortho intramolecular Hbond substituents is 1. The summed E-state index contributed by atoms with van der Waals surface area (Å²) >= 11 is 0. The number of phenols is 1. The number of benzene rings is 2. The van der Waals surface area contributed by atoms with Crippen molar-refractivity contribution < 1.29 is 23.1 Å². The van der Waals surface area contributed by atoms with Crippen LogP contribution < -0.4 is 15.0 Å². The van der Waals surface area contributed by atoms with E-state index in [4.69, 9.17) is 4.74 Å². The lowest BCUT2D eigenvalue weighted by Crippen LogP contribution is -2.49. The molecule has 0 unspecified atom stereocenters. The average molecular weight is 548 g/mol. The summed E-state index contributed by atoms with van der Waals surface area (Å²) in [5.41, 5.74) is 2.22. The number of anilines is 3. The molecule has 2 N–H and O–H groups in total. The molecule has 4 aromatic rings. The van der Waals surface area contributed by atoms with E-state index in [-0.39, 0.29) is 40.7 Å². The van der Waals surface area contributed by atoms with Crippen molar-refractivity contribution in [2.75, 3.05) is 35.3 Å². The van der Waals surface area contributed by atoms with Gasteiger partial charge in [0.1, 0.15) is 33.0 Å². The van der Waals surface area contributed by atoms with Gasteiger partial charge < -0.3 is 20.1 Å². The average Bonchev–Trinajstić information content (AvgIpc) is 2.85. The van der Waals surface area contributed by atoms with Crippen LogP contribution in [0.5, 0.6) is 17.5 Å². The summed E-state index contributed by atoms with van der Waals surface area (Å²) in [6, 6.07) is 12.4. The molecule has 0 saturated carbocycles. The molecular weight excluding hydrogens is 518 g/mol. The maximum Gasteiger partial charge on any atom is 0.323 e. The quantitative estimate of drug-likeness (QED) is 0.284. The van der Waals surface area contributed by atoms with E-state index in [0.29, 0.717) is 31.0 Å². The Morgan fingerprint density at radius 2 is 1.92 bits per heavy atom. The van der Waals surface area contributed by atoms with Crippen molar-refractivity contribution in [1.82, 2.24) is 15.0 Å². The van der Waals surface area contributed by atoms with Crippen LogP contribution in [0.15, 0.2) is 54.9 Å². The smallest absolute Gasteiger partial charge is 0.323 e. The number of aldehydes is 1. The van der Waals surface area contributed by atoms with Gasteiger partial charge in [0.2, 0.25) is 0 Å². The molecule has 1 fully saturated rings. The minimum absolute atomic E-state index is 0.000996. The predicted molar refractivity (Wildman–Crippen MR) is 150 cm³/mol. The van der Waals surface area contributed by atoms with Gasteiger partial charge in [-0.1, -0.05) is 26.0 Å². The number of ether oxygens (including phenoxy) is 1. The van der Waals surface area contributed by atoms with E-state index >= 15 is 0 Å². The van der Waals surface area contributed by atoms with Crippen molar-refractivity contribution in [2.24, 2.45) is 5.92 Å². The zero-order valence-corrected chi connectivity index (χ0v) is 22.6. The van der Waals surface area contributed by atoms with Gasteiger partial charge in [0, 0.05) is 48.7 Å². The van der Waals surface area contributed by atoms with E-state index in [1.165, 1.54) is 24.1 Å². The second-order valence-electron chi connectivity index (χ2n) is 10.1. The molecule has 1 aliphatic rings. The van der Waals surface area contributed by atoms with Crippen LogP contribution in [-0.4, -0.2) is 59.9 Å². The number of fused-ring (bicyclic) bond motifs is 1. The summed E-state index contributed by atoms with van der Waals surface area (Å²) in [7, 11) is -3.01. The highest BCUT2D eigenvalue weighted by Crippen LogP contribution is 2.37. The molecule has 0 aliphatic carbocycles. The van der Waals surface area contributed by atoms with Crippen molar-refractivity contribution in [1.29, 1.82) is 0 Å². The summed E-state index contributed by atoms with van der Waals surface area (Å²) in [6.45, 7) is 5.66. The van der Waals surface area contributed by atoms with Gasteiger partial charge in [-0.3, -0.25) is 4.79 Å². The van der Waals surface area contributed by atoms with Gasteiger partial charge in [-0.15, -0.1) is 0 Å². The van der Waals surface area contributed by atoms with Crippen LogP contribution in [0.25, 0.3) is 10.8 Å². The van der Waals surface area contributed by atoms with Crippen molar-refractivity contribution in [3.63, 3.8) is 0 Å². The number of nitrogens with zero attached hydrogens (tertiary/aromatic N) is 4. The van der Waals surface area contributed by atoms with Crippen molar-refractivity contribution in [3.05, 3.63) is 66.0 Å². The number of aromatic nitrogens is 3. The molecular formula is C28H29N5O5S. The molecule has 11 heteroatoms. The monoisotopic (exact) mass is 547 g/mol. The number of hydrogen-bond donors (Lipinski definition) is 2. The minimum atomic E-state index is -3.01. The summed E-state index contributed by atoms with van der Waals surface area (Å²) < 4.78 is 29.0. The lowest BCUT2D eigenvalue weighted by Gasteiger charge is -2.41. The summed E-state index contributed by atoms with van der Waals surface area (Å²) in [4.78, 5) is 26.7. The van der Waals surface area contributed by atoms with Crippen molar-refractivity contribution in [2.45, 2.75) is 19.8 Å². The summed E-state index contributed by atoms with van der Waals surface area (Å²) in [6.07, 6.45) is 5.13. The minimum Gasteiger partial charge on any atom is -0.507 e. The molecule has 1 aliphatic heterocycles. The van der Waals surface area contributed by atoms with E-state index in [2.05, 4.69) is 51.1 Å². The van der Waals surface area contributed by atoms with Crippen LogP contribution in [0.4, 0.5) is 17.3 Å². The number of carbonyl (C=O) groups is 1. The van der Waals surface area contributed by atoms with Crippen LogP contribution in [0.2, 0.25) is 0 Å². The Labute approximate surface area is 226 Å². The third kappa shape index (κ3) is 5.78. The number of nitrogens with one attached hydrogen (secondary N) is 1. The first-order chi connectivity index (χ1) is 18.6. The highest BCUT2D eigenvalue weighted by Gasteiger charge is 2.31. The molecule has 0 radical (unpaired) electrons. The first kappa shape index (κ1) is 26.4. The number of pyridine rings is 1. The highest BCUT2D eigenvalue weighted by atomic mass is 32.2. The molecule has 1 saturated heterocycles. The third-order valence-corrected chi connectivity index (χ3v) is 7.70. The Bertz CT molecular complexity index is 1650. The zero-order chi connectivity index (χ0) is 27.7. The van der Waals surface area contributed by atoms with Crippen LogP contribution in [0.1, 0.15) is 35.7 Å². The summed E-state index contributed by atoms with van der Waals surface area (Å²) in [5, 5.41) is 15.1. The normalized spacial score (nSPS) is 13.9. The van der Waals surface area contributed by atoms with Gasteiger partial charge >= 0.3 is 6.01 Å². The first-order valence-corrected chi connectivity index (χ1v) is 14.6. The standard InChI is InChI=1S/C28H29N5O5S/c1-17(2)19-7-8-23(33-13-18(14-33)16-39(3,36)37)21-12-30-27(11-20(19)21)31-26-9-10-29-28(32-26)38-25-6-4-5-24(35)22(25)15-34/h4-12,15,17-18,35H,13-14,16H2,1-3H3,(H,29,30,31,32). The van der Waals surface area contributed by atoms with Gasteiger partial charge in [-0.25, -0.2) is 18.4 Å². The number of sulfone groups is 1. The molecule has 39 heavy (non-hydrogen) atoms. The number of rotatable bonds is 9. The van der Waals surface area contributed by atoms with Gasteiger partial charge in [-0.2, -0.15) is 4.98 Å². The molecule has 202 valence electrons. The lowest BCUT2D eigenvalue weighted by molar-refractivity contribution is 0.111. The van der Waals surface area contributed by atoms with Gasteiger partial charge in [-0.05, 0) is 47.2 Å². The molecule has 5 rings (SSSR count). The fourth-order valence-electron chi connectivity index (χ4n) is 4.82. The Morgan fingerprint density at radius 3 is 2.64 bits per heavy atom. The third-order valence-electron chi connectivity index (χ3n) is 6.62. The van der Waals surface area contributed by atoms with E-state index < -0.39 is 9.84 Å². The van der Waals surface area contributed by atoms with Crippen molar-refractivity contribution >= 4 is 44.2 Å². The lowest BCUT2D eigenvalue weighted by atomic mass is 9.93. The van der Waals surface area contributed by atoms with Crippen molar-refractivity contribution in [3.8, 4) is 17.5 Å². The molecule has 0 spiro atoms. The first-order valence-electron chi connectivity index (χ1n) is 12.5. The van der Waals surface area contributed by atoms with Crippen LogP contribution in [0, 0.1) is 5.92 Å². The Hall–Kier alpha value is -4.25. The zero-order valence-electron chi connectivity index (χ0n) is 21.8. The second-order valence-corrected chi connectivity index (χ2v) is 12.3. The van der Waals surface area contributed by atoms with E-state index in [9.17, 15) is 18.3 Å². The molecule has 3 heterocycles. The van der Waals surface area contributed by atoms with E-state index in [1.54, 1.807) is 18.2 Å². The number of hydrogen-bond acceptors (Lipinski definition) is 10. The second kappa shape index (κ2) is 10.5. The molecule has 10 nitrogen and oxygen atoms in total. The van der Waals surface area contributed by atoms with Crippen LogP contribution in [0.3, 0.4) is 0 Å². The highest BCUT2D eigenvalue weighted by molar-refractivity contribution is 7.90. The molecule has 0 bridgehead atoms. The molecule has 0 atom stereocenters. The van der Waals surface area contributed by atoms with E-state index in [0.717, 1.165) is 16.5 Å². The van der Waals surface area contributed by atoms with E-state index in [1.807, 2.05) is 12.3 Å². The fourth-order valence-corrected chi connectivity index (χ4v) is 5.89. The fraction of sp³-hybridized carbons (Fsp3) is 0.286. The van der Waals surface area contributed by atoms with Gasteiger partial charge in [0.15, 0.2) is 6.29 Å². The van der Waals surface area contributed by atoms with Gasteiger partial charge in [0.05, 0.1) is 11.3 Å². The molecule has 2 aromatic heterocycles. The van der Waals surface area contributed by atoms with Crippen LogP contribution >= 0.6 is 0 Å². The maximum absolute atomic E-state index is 11.7. The molecule has 2 aromatic carbocycles. The molecule has 0 amide bonds. The van der Waals surface area contributed by atoms with Crippen LogP contribution in [-0.2, 0) is 9.84 Å². The SMILES string of the molecule is CC(C)c1ccc(N2CC(CS(C)(=O)=O)C2)c2cnc(Nc3ccnc(Oc4cccc(O)c4C=O)n3)cc12. The number of aromatic hydroxyl groups is 1. The maximum atomic E-state index is 11.7.